The molecule has 0 unspecified atom stereocenters. The molecule has 0 N–H and O–H groups in total. The van der Waals surface area contributed by atoms with Crippen molar-refractivity contribution in [3.8, 4) is 11.3 Å². The van der Waals surface area contributed by atoms with Gasteiger partial charge >= 0.3 is 0 Å². The molecule has 2 aromatic rings. The Morgan fingerprint density at radius 1 is 1.19 bits per heavy atom. The molecule has 0 bridgehead atoms. The van der Waals surface area contributed by atoms with Crippen LogP contribution >= 0.6 is 0 Å². The lowest BCUT2D eigenvalue weighted by atomic mass is 9.93. The molecule has 3 rings (SSSR count). The highest BCUT2D eigenvalue weighted by Gasteiger charge is 2.29. The highest BCUT2D eigenvalue weighted by atomic mass is 32.2. The summed E-state index contributed by atoms with van der Waals surface area (Å²) in [5.74, 6) is 0.418. The van der Waals surface area contributed by atoms with Gasteiger partial charge < -0.3 is 0 Å². The third kappa shape index (κ3) is 4.53. The quantitative estimate of drug-likeness (QED) is 0.750. The van der Waals surface area contributed by atoms with E-state index in [0.717, 1.165) is 36.2 Å². The molecule has 9 heteroatoms. The molecule has 0 saturated carbocycles. The van der Waals surface area contributed by atoms with E-state index < -0.39 is 10.2 Å². The summed E-state index contributed by atoms with van der Waals surface area (Å²) < 4.78 is 29.2. The van der Waals surface area contributed by atoms with Gasteiger partial charge in [-0.25, -0.2) is 4.98 Å². The zero-order valence-corrected chi connectivity index (χ0v) is 17.2. The molecule has 0 radical (unpaired) electrons. The van der Waals surface area contributed by atoms with Crippen molar-refractivity contribution in [3.05, 3.63) is 30.5 Å². The molecule has 0 aliphatic carbocycles. The van der Waals surface area contributed by atoms with Gasteiger partial charge in [-0.1, -0.05) is 0 Å². The first-order chi connectivity index (χ1) is 12.8. The summed E-state index contributed by atoms with van der Waals surface area (Å²) in [4.78, 5) is 9.10. The van der Waals surface area contributed by atoms with E-state index in [-0.39, 0.29) is 0 Å². The van der Waals surface area contributed by atoms with Crippen LogP contribution in [0.2, 0.25) is 0 Å². The van der Waals surface area contributed by atoms with Crippen LogP contribution in [0.25, 0.3) is 11.3 Å². The number of hydrogen-bond acceptors (Lipinski definition) is 5. The Bertz CT molecular complexity index is 869. The van der Waals surface area contributed by atoms with E-state index in [1.165, 1.54) is 4.31 Å². The van der Waals surface area contributed by atoms with Crippen molar-refractivity contribution in [1.82, 2.24) is 28.4 Å². The molecule has 0 spiro atoms. The highest BCUT2D eigenvalue weighted by Crippen LogP contribution is 2.24. The van der Waals surface area contributed by atoms with Crippen LogP contribution in [0.1, 0.15) is 38.4 Å². The van der Waals surface area contributed by atoms with Crippen LogP contribution < -0.4 is 0 Å². The highest BCUT2D eigenvalue weighted by molar-refractivity contribution is 7.86. The second-order valence-corrected chi connectivity index (χ2v) is 9.68. The lowest BCUT2D eigenvalue weighted by molar-refractivity contribution is 0.261. The molecule has 8 nitrogen and oxygen atoms in total. The van der Waals surface area contributed by atoms with Crippen molar-refractivity contribution in [3.63, 3.8) is 0 Å². The van der Waals surface area contributed by atoms with E-state index in [1.807, 2.05) is 17.1 Å². The second-order valence-electron chi connectivity index (χ2n) is 7.54. The average Bonchev–Trinajstić information content (AvgIpc) is 3.13. The normalized spacial score (nSPS) is 17.1. The van der Waals surface area contributed by atoms with E-state index in [9.17, 15) is 8.42 Å². The maximum absolute atomic E-state index is 12.2. The predicted octanol–water partition coefficient (Wildman–Crippen LogP) is 1.98. The van der Waals surface area contributed by atoms with E-state index in [1.54, 1.807) is 30.8 Å². The predicted molar refractivity (Wildman–Crippen MR) is 104 cm³/mol. The Morgan fingerprint density at radius 3 is 2.48 bits per heavy atom. The minimum Gasteiger partial charge on any atom is -0.270 e. The third-order valence-electron chi connectivity index (χ3n) is 4.97. The molecule has 3 heterocycles. The zero-order valence-electron chi connectivity index (χ0n) is 16.4. The maximum atomic E-state index is 12.2. The molecule has 2 aromatic heterocycles. The molecule has 1 aliphatic heterocycles. The Balaban J connectivity index is 1.64. The molecular formula is C18H28N6O2S. The number of nitrogens with zero attached hydrogens (tertiary/aromatic N) is 6. The van der Waals surface area contributed by atoms with Crippen LogP contribution in [0.5, 0.6) is 0 Å². The molecule has 0 atom stereocenters. The van der Waals surface area contributed by atoms with Crippen molar-refractivity contribution in [2.45, 2.75) is 39.2 Å². The van der Waals surface area contributed by atoms with E-state index in [2.05, 4.69) is 23.9 Å². The number of piperidine rings is 1. The van der Waals surface area contributed by atoms with Gasteiger partial charge in [-0.05, 0) is 39.0 Å². The molecule has 1 saturated heterocycles. The average molecular weight is 393 g/mol. The Morgan fingerprint density at radius 2 is 1.89 bits per heavy atom. The summed E-state index contributed by atoms with van der Waals surface area (Å²) in [7, 11) is -0.168. The van der Waals surface area contributed by atoms with Crippen LogP contribution in [-0.4, -0.2) is 64.0 Å². The Labute approximate surface area is 161 Å². The van der Waals surface area contributed by atoms with E-state index >= 15 is 0 Å². The monoisotopic (exact) mass is 392 g/mol. The van der Waals surface area contributed by atoms with Crippen LogP contribution in [0.4, 0.5) is 0 Å². The smallest absolute Gasteiger partial charge is 0.270 e. The van der Waals surface area contributed by atoms with Crippen molar-refractivity contribution >= 4 is 10.2 Å². The third-order valence-corrected chi connectivity index (χ3v) is 6.91. The van der Waals surface area contributed by atoms with Crippen LogP contribution in [0, 0.1) is 5.92 Å². The van der Waals surface area contributed by atoms with Crippen molar-refractivity contribution in [2.24, 2.45) is 5.92 Å². The molecule has 27 heavy (non-hydrogen) atoms. The zero-order chi connectivity index (χ0) is 19.6. The first kappa shape index (κ1) is 19.9. The molecule has 148 valence electrons. The summed E-state index contributed by atoms with van der Waals surface area (Å²) in [6, 6.07) is 0.304. The molecule has 0 amide bonds. The Hall–Kier alpha value is -1.84. The first-order valence-electron chi connectivity index (χ1n) is 9.30. The van der Waals surface area contributed by atoms with Gasteiger partial charge in [-0.15, -0.1) is 0 Å². The lowest BCUT2D eigenvalue weighted by Crippen LogP contribution is -2.44. The SMILES string of the molecule is CC(C)n1cc(-c2cncc(CC3CCN(S(=O)(=O)N(C)C)CC3)n2)cn1. The number of hydrogen-bond donors (Lipinski definition) is 0. The minimum absolute atomic E-state index is 0.304. The fraction of sp³-hybridized carbons (Fsp3) is 0.611. The summed E-state index contributed by atoms with van der Waals surface area (Å²) >= 11 is 0. The molecule has 1 aliphatic rings. The maximum Gasteiger partial charge on any atom is 0.281 e. The van der Waals surface area contributed by atoms with Gasteiger partial charge in [0.15, 0.2) is 0 Å². The molecule has 0 aromatic carbocycles. The van der Waals surface area contributed by atoms with Gasteiger partial charge in [0.2, 0.25) is 0 Å². The first-order valence-corrected chi connectivity index (χ1v) is 10.7. The topological polar surface area (TPSA) is 84.2 Å². The van der Waals surface area contributed by atoms with Gasteiger partial charge in [0.1, 0.15) is 0 Å². The van der Waals surface area contributed by atoms with Crippen molar-refractivity contribution in [2.75, 3.05) is 27.2 Å². The summed E-state index contributed by atoms with van der Waals surface area (Å²) in [5.41, 5.74) is 2.73. The van der Waals surface area contributed by atoms with Crippen LogP contribution in [0.15, 0.2) is 24.8 Å². The van der Waals surface area contributed by atoms with Crippen molar-refractivity contribution < 1.29 is 8.42 Å². The van der Waals surface area contributed by atoms with Crippen LogP contribution in [-0.2, 0) is 16.6 Å². The van der Waals surface area contributed by atoms with Gasteiger partial charge in [0, 0.05) is 51.2 Å². The summed E-state index contributed by atoms with van der Waals surface area (Å²) in [5, 5.41) is 4.37. The fourth-order valence-electron chi connectivity index (χ4n) is 3.27. The van der Waals surface area contributed by atoms with Crippen molar-refractivity contribution in [1.29, 1.82) is 0 Å². The second kappa shape index (κ2) is 8.04. The fourth-order valence-corrected chi connectivity index (χ4v) is 4.40. The van der Waals surface area contributed by atoms with E-state index in [4.69, 9.17) is 4.98 Å². The summed E-state index contributed by atoms with van der Waals surface area (Å²) in [6.07, 6.45) is 9.86. The number of rotatable bonds is 6. The number of aromatic nitrogens is 4. The van der Waals surface area contributed by atoms with Gasteiger partial charge in [-0.3, -0.25) is 9.67 Å². The van der Waals surface area contributed by atoms with Crippen LogP contribution in [0.3, 0.4) is 0 Å². The largest absolute Gasteiger partial charge is 0.281 e. The van der Waals surface area contributed by atoms with Gasteiger partial charge in [0.05, 0.1) is 23.8 Å². The molecular weight excluding hydrogens is 364 g/mol. The molecule has 1 fully saturated rings. The summed E-state index contributed by atoms with van der Waals surface area (Å²) in [6.45, 7) is 5.28. The minimum atomic E-state index is -3.31. The van der Waals surface area contributed by atoms with Gasteiger partial charge in [0.25, 0.3) is 10.2 Å². The standard InChI is InChI=1S/C18H28N6O2S/c1-14(2)24-13-16(10-20-24)18-12-19-11-17(21-18)9-15-5-7-23(8-6-15)27(25,26)22(3)4/h10-15H,5-9H2,1-4H3. The van der Waals surface area contributed by atoms with E-state index in [0.29, 0.717) is 25.0 Å². The Kier molecular flexibility index (Phi) is 5.92. The van der Waals surface area contributed by atoms with Gasteiger partial charge in [-0.2, -0.15) is 22.1 Å². The lowest BCUT2D eigenvalue weighted by Gasteiger charge is -2.32.